The highest BCUT2D eigenvalue weighted by atomic mass is 16.7. The maximum Gasteiger partial charge on any atom is 0.161 e. The summed E-state index contributed by atoms with van der Waals surface area (Å²) in [5, 5.41) is 20.8. The van der Waals surface area contributed by atoms with Gasteiger partial charge >= 0.3 is 0 Å². The molecule has 0 amide bonds. The molecule has 7 nitrogen and oxygen atoms in total. The topological polar surface area (TPSA) is 82.5 Å². The van der Waals surface area contributed by atoms with Crippen LogP contribution in [0.15, 0.2) is 0 Å². The molecule has 1 aliphatic rings. The number of hydrogen-bond donors (Lipinski definition) is 3. The first-order chi connectivity index (χ1) is 7.30. The molecule has 1 saturated heterocycles. The number of hydrazine groups is 1. The van der Waals surface area contributed by atoms with Crippen LogP contribution in [0.25, 0.3) is 0 Å². The molecule has 0 aromatic heterocycles. The van der Waals surface area contributed by atoms with Crippen LogP contribution in [0.1, 0.15) is 19.3 Å². The Kier molecular flexibility index (Phi) is 5.98. The van der Waals surface area contributed by atoms with Gasteiger partial charge in [0, 0.05) is 13.3 Å². The second-order valence-electron chi connectivity index (χ2n) is 3.54. The summed E-state index contributed by atoms with van der Waals surface area (Å²) in [4.78, 5) is 10.6. The highest BCUT2D eigenvalue weighted by molar-refractivity contribution is 4.53. The first-order valence-corrected chi connectivity index (χ1v) is 5.32. The van der Waals surface area contributed by atoms with E-state index < -0.39 is 0 Å². The summed E-state index contributed by atoms with van der Waals surface area (Å²) in [5.74, 6) is 0. The van der Waals surface area contributed by atoms with Crippen LogP contribution in [0, 0.1) is 10.1 Å². The van der Waals surface area contributed by atoms with Crippen LogP contribution in [-0.2, 0) is 0 Å². The molecule has 0 radical (unpaired) electrons. The largest absolute Gasteiger partial charge is 0.304 e. The number of rotatable bonds is 1. The zero-order valence-corrected chi connectivity index (χ0v) is 8.87. The summed E-state index contributed by atoms with van der Waals surface area (Å²) >= 11 is 0. The lowest BCUT2D eigenvalue weighted by Crippen LogP contribution is -2.44. The normalized spacial score (nSPS) is 21.5. The lowest BCUT2D eigenvalue weighted by Gasteiger charge is -2.16. The van der Waals surface area contributed by atoms with E-state index in [2.05, 4.69) is 16.0 Å². The second kappa shape index (κ2) is 7.38. The summed E-state index contributed by atoms with van der Waals surface area (Å²) in [5.41, 5.74) is 0. The van der Waals surface area contributed by atoms with Crippen molar-refractivity contribution in [1.29, 1.82) is 0 Å². The molecule has 0 saturated carbocycles. The third kappa shape index (κ3) is 5.50. The molecule has 1 aliphatic heterocycles. The molecule has 0 unspecified atom stereocenters. The summed E-state index contributed by atoms with van der Waals surface area (Å²) in [6.45, 7) is 3.09. The molecule has 0 atom stereocenters. The van der Waals surface area contributed by atoms with E-state index in [1.54, 1.807) is 0 Å². The molecule has 0 spiro atoms. The fraction of sp³-hybridized carbons (Fsp3) is 1.00. The van der Waals surface area contributed by atoms with E-state index in [9.17, 15) is 10.1 Å². The van der Waals surface area contributed by atoms with E-state index in [0.717, 1.165) is 32.5 Å². The predicted molar refractivity (Wildman–Crippen MR) is 56.4 cm³/mol. The summed E-state index contributed by atoms with van der Waals surface area (Å²) in [6.07, 6.45) is 2.97. The number of nitrogens with one attached hydrogen (secondary N) is 3. The van der Waals surface area contributed by atoms with Crippen molar-refractivity contribution < 1.29 is 5.03 Å². The van der Waals surface area contributed by atoms with Crippen LogP contribution in [0.2, 0.25) is 0 Å². The van der Waals surface area contributed by atoms with Crippen molar-refractivity contribution in [3.05, 3.63) is 10.1 Å². The van der Waals surface area contributed by atoms with Gasteiger partial charge in [-0.1, -0.05) is 6.42 Å². The van der Waals surface area contributed by atoms with Gasteiger partial charge in [0.25, 0.3) is 0 Å². The van der Waals surface area contributed by atoms with Crippen molar-refractivity contribution in [3.8, 4) is 0 Å². The van der Waals surface area contributed by atoms with Crippen LogP contribution < -0.4 is 16.0 Å². The van der Waals surface area contributed by atoms with Gasteiger partial charge in [-0.15, -0.1) is 5.01 Å². The van der Waals surface area contributed by atoms with E-state index in [1.807, 2.05) is 0 Å². The Labute approximate surface area is 89.3 Å². The highest BCUT2D eigenvalue weighted by Crippen LogP contribution is 1.98. The minimum Gasteiger partial charge on any atom is -0.304 e. The van der Waals surface area contributed by atoms with Crippen LogP contribution in [-0.4, -0.2) is 43.1 Å². The molecule has 1 rings (SSSR count). The smallest absolute Gasteiger partial charge is 0.161 e. The molecule has 0 bridgehead atoms. The highest BCUT2D eigenvalue weighted by Gasteiger charge is 2.12. The first kappa shape index (κ1) is 12.2. The van der Waals surface area contributed by atoms with Crippen LogP contribution in [0.4, 0.5) is 0 Å². The summed E-state index contributed by atoms with van der Waals surface area (Å²) in [6, 6.07) is 0. The van der Waals surface area contributed by atoms with Crippen LogP contribution in [0.5, 0.6) is 0 Å². The Morgan fingerprint density at radius 1 is 1.07 bits per heavy atom. The zero-order chi connectivity index (χ0) is 10.9. The Balaban J connectivity index is 2.28. The van der Waals surface area contributed by atoms with Gasteiger partial charge in [0.2, 0.25) is 0 Å². The van der Waals surface area contributed by atoms with Gasteiger partial charge in [0.15, 0.2) is 5.03 Å². The molecule has 3 N–H and O–H groups in total. The first-order valence-electron chi connectivity index (χ1n) is 5.32. The zero-order valence-electron chi connectivity index (χ0n) is 8.87. The third-order valence-corrected chi connectivity index (χ3v) is 2.30. The van der Waals surface area contributed by atoms with Gasteiger partial charge in [-0.2, -0.15) is 0 Å². The molecular weight excluding hydrogens is 198 g/mol. The third-order valence-electron chi connectivity index (χ3n) is 2.30. The summed E-state index contributed by atoms with van der Waals surface area (Å²) in [7, 11) is 0. The molecule has 1 heterocycles. The van der Waals surface area contributed by atoms with Gasteiger partial charge < -0.3 is 5.32 Å². The van der Waals surface area contributed by atoms with Crippen LogP contribution >= 0.6 is 0 Å². The van der Waals surface area contributed by atoms with E-state index in [4.69, 9.17) is 0 Å². The van der Waals surface area contributed by atoms with Crippen molar-refractivity contribution in [2.24, 2.45) is 0 Å². The van der Waals surface area contributed by atoms with Crippen molar-refractivity contribution in [2.75, 3.05) is 33.1 Å². The quantitative estimate of drug-likeness (QED) is 0.398. The molecule has 0 aromatic carbocycles. The molecule has 0 aliphatic carbocycles. The molecule has 1 fully saturated rings. The van der Waals surface area contributed by atoms with Crippen molar-refractivity contribution in [1.82, 2.24) is 21.0 Å². The van der Waals surface area contributed by atoms with E-state index >= 15 is 0 Å². The van der Waals surface area contributed by atoms with E-state index in [-0.39, 0.29) is 5.03 Å². The van der Waals surface area contributed by atoms with Crippen molar-refractivity contribution in [2.45, 2.75) is 19.3 Å². The Morgan fingerprint density at radius 3 is 2.67 bits per heavy atom. The second-order valence-corrected chi connectivity index (χ2v) is 3.54. The maximum absolute atomic E-state index is 10.6. The average Bonchev–Trinajstić information content (AvgIpc) is 2.18. The predicted octanol–water partition coefficient (Wildman–Crippen LogP) is -0.695. The van der Waals surface area contributed by atoms with Gasteiger partial charge in [-0.25, -0.2) is 10.1 Å². The van der Waals surface area contributed by atoms with Crippen molar-refractivity contribution >= 4 is 0 Å². The Hall–Kier alpha value is -0.920. The fourth-order valence-electron chi connectivity index (χ4n) is 1.45. The lowest BCUT2D eigenvalue weighted by molar-refractivity contribution is -0.656. The SMILES string of the molecule is O=[N+]([O-])N1CCCCCNCNCNC1. The lowest BCUT2D eigenvalue weighted by atomic mass is 10.2. The molecular formula is C8H19N5O2. The van der Waals surface area contributed by atoms with Crippen molar-refractivity contribution in [3.63, 3.8) is 0 Å². The average molecular weight is 217 g/mol. The molecule has 88 valence electrons. The minimum absolute atomic E-state index is 0.292. The van der Waals surface area contributed by atoms with Gasteiger partial charge in [0.1, 0.15) is 6.67 Å². The molecule has 15 heavy (non-hydrogen) atoms. The van der Waals surface area contributed by atoms with E-state index in [1.165, 1.54) is 5.01 Å². The Morgan fingerprint density at radius 2 is 1.87 bits per heavy atom. The van der Waals surface area contributed by atoms with E-state index in [0.29, 0.717) is 19.9 Å². The minimum atomic E-state index is -0.336. The maximum atomic E-state index is 10.6. The van der Waals surface area contributed by atoms with Gasteiger partial charge in [0.05, 0.1) is 6.54 Å². The number of nitrogens with zero attached hydrogens (tertiary/aromatic N) is 2. The number of hydrogen-bond acceptors (Lipinski definition) is 5. The van der Waals surface area contributed by atoms with Gasteiger partial charge in [-0.05, 0) is 19.4 Å². The standard InChI is InChI=1S/C8H19N5O2/c14-13(15)12-5-3-1-2-4-9-6-10-7-11-8-12/h9-11H,1-8H2. The molecule has 0 aromatic rings. The number of nitro groups is 1. The monoisotopic (exact) mass is 217 g/mol. The van der Waals surface area contributed by atoms with Crippen LogP contribution in [0.3, 0.4) is 0 Å². The fourth-order valence-corrected chi connectivity index (χ4v) is 1.45. The summed E-state index contributed by atoms with van der Waals surface area (Å²) < 4.78 is 0. The Bertz CT molecular complexity index is 178. The molecule has 7 heteroatoms. The van der Waals surface area contributed by atoms with Gasteiger partial charge in [-0.3, -0.25) is 10.6 Å².